The third-order valence-electron chi connectivity index (χ3n) is 5.59. The molecule has 0 radical (unpaired) electrons. The summed E-state index contributed by atoms with van der Waals surface area (Å²) in [6, 6.07) is 6.97. The van der Waals surface area contributed by atoms with E-state index in [2.05, 4.69) is 15.4 Å². The van der Waals surface area contributed by atoms with Gasteiger partial charge in [0, 0.05) is 30.4 Å². The van der Waals surface area contributed by atoms with Crippen molar-refractivity contribution in [2.24, 2.45) is 10.7 Å². The van der Waals surface area contributed by atoms with E-state index in [0.717, 1.165) is 24.8 Å². The van der Waals surface area contributed by atoms with Crippen molar-refractivity contribution in [1.82, 2.24) is 20.0 Å². The van der Waals surface area contributed by atoms with Crippen LogP contribution in [0.4, 0.5) is 4.79 Å². The number of aliphatic imine (C=N–C) groups is 1. The normalized spacial score (nSPS) is 17.7. The fraction of sp³-hybridized carbons (Fsp3) is 0.400. The van der Waals surface area contributed by atoms with E-state index in [-0.39, 0.29) is 18.1 Å². The van der Waals surface area contributed by atoms with E-state index in [0.29, 0.717) is 35.1 Å². The van der Waals surface area contributed by atoms with Crippen molar-refractivity contribution in [2.45, 2.75) is 37.9 Å². The highest BCUT2D eigenvalue weighted by Crippen LogP contribution is 2.32. The van der Waals surface area contributed by atoms with Crippen LogP contribution in [-0.4, -0.2) is 52.0 Å². The predicted octanol–water partition coefficient (Wildman–Crippen LogP) is 2.45. The third-order valence-corrected chi connectivity index (χ3v) is 5.82. The summed E-state index contributed by atoms with van der Waals surface area (Å²) < 4.78 is 1.76. The number of halogens is 1. The summed E-state index contributed by atoms with van der Waals surface area (Å²) in [5, 5.41) is 8.24. The largest absolute Gasteiger partial charge is 0.365 e. The number of amides is 3. The number of fused-ring (bicyclic) bond motifs is 1. The molecule has 3 amide bonds. The average Bonchev–Trinajstić information content (AvgIpc) is 3.05. The molecule has 2 aliphatic rings. The molecule has 3 N–H and O–H groups in total. The first-order valence-electron chi connectivity index (χ1n) is 9.58. The van der Waals surface area contributed by atoms with Gasteiger partial charge in [-0.1, -0.05) is 23.7 Å². The summed E-state index contributed by atoms with van der Waals surface area (Å²) in [7, 11) is 1.71. The van der Waals surface area contributed by atoms with Crippen molar-refractivity contribution >= 4 is 29.8 Å². The Morgan fingerprint density at radius 1 is 1.34 bits per heavy atom. The molecule has 1 fully saturated rings. The van der Waals surface area contributed by atoms with Gasteiger partial charge >= 0.3 is 6.03 Å². The van der Waals surface area contributed by atoms with Crippen molar-refractivity contribution in [3.63, 3.8) is 0 Å². The fourth-order valence-corrected chi connectivity index (χ4v) is 4.16. The van der Waals surface area contributed by atoms with Crippen LogP contribution in [0.3, 0.4) is 0 Å². The number of nitrogens with two attached hydrogens (primary N) is 1. The Morgan fingerprint density at radius 3 is 2.76 bits per heavy atom. The Hall–Kier alpha value is -2.87. The van der Waals surface area contributed by atoms with E-state index in [1.54, 1.807) is 34.8 Å². The maximum atomic E-state index is 12.9. The zero-order valence-electron chi connectivity index (χ0n) is 16.2. The summed E-state index contributed by atoms with van der Waals surface area (Å²) in [5.74, 6) is -0.572. The zero-order chi connectivity index (χ0) is 20.6. The second kappa shape index (κ2) is 7.51. The van der Waals surface area contributed by atoms with Gasteiger partial charge in [0.1, 0.15) is 5.69 Å². The number of urea groups is 1. The molecular weight excluding hydrogens is 392 g/mol. The van der Waals surface area contributed by atoms with Gasteiger partial charge < -0.3 is 16.0 Å². The second-order valence-electron chi connectivity index (χ2n) is 7.52. The number of carbonyl (C=O) groups is 2. The van der Waals surface area contributed by atoms with Gasteiger partial charge in [0.25, 0.3) is 5.91 Å². The van der Waals surface area contributed by atoms with Gasteiger partial charge in [0.2, 0.25) is 0 Å². The maximum absolute atomic E-state index is 12.9. The van der Waals surface area contributed by atoms with Crippen LogP contribution >= 0.6 is 11.6 Å². The van der Waals surface area contributed by atoms with Crippen LogP contribution in [-0.2, 0) is 13.1 Å². The third kappa shape index (κ3) is 3.60. The quantitative estimate of drug-likeness (QED) is 0.750. The second-order valence-corrected chi connectivity index (χ2v) is 7.95. The lowest BCUT2D eigenvalue weighted by Crippen LogP contribution is -2.59. The molecule has 0 unspecified atom stereocenters. The number of nitrogens with zero attached hydrogens (tertiary/aromatic N) is 4. The first-order valence-corrected chi connectivity index (χ1v) is 9.96. The number of nitrogens with one attached hydrogen (secondary N) is 1. The molecule has 8 nitrogen and oxygen atoms in total. The Morgan fingerprint density at radius 2 is 2.14 bits per heavy atom. The van der Waals surface area contributed by atoms with Crippen LogP contribution in [0.5, 0.6) is 0 Å². The molecule has 1 aliphatic carbocycles. The molecule has 0 saturated heterocycles. The van der Waals surface area contributed by atoms with Crippen LogP contribution in [0.15, 0.2) is 29.3 Å². The van der Waals surface area contributed by atoms with Gasteiger partial charge in [-0.25, -0.2) is 4.79 Å². The number of aromatic nitrogens is 2. The van der Waals surface area contributed by atoms with Gasteiger partial charge in [0.05, 0.1) is 29.9 Å². The van der Waals surface area contributed by atoms with Crippen LogP contribution in [0.1, 0.15) is 35.3 Å². The highest BCUT2D eigenvalue weighted by Gasteiger charge is 2.39. The molecule has 9 heteroatoms. The van der Waals surface area contributed by atoms with Gasteiger partial charge in [-0.15, -0.1) is 0 Å². The van der Waals surface area contributed by atoms with E-state index in [9.17, 15) is 9.59 Å². The van der Waals surface area contributed by atoms with E-state index in [4.69, 9.17) is 17.3 Å². The molecule has 4 rings (SSSR count). The van der Waals surface area contributed by atoms with Gasteiger partial charge in [-0.05, 0) is 31.4 Å². The first kappa shape index (κ1) is 19.4. The molecule has 0 atom stereocenters. The minimum Gasteiger partial charge on any atom is -0.365 e. The molecule has 29 heavy (non-hydrogen) atoms. The van der Waals surface area contributed by atoms with Crippen molar-refractivity contribution in [3.8, 4) is 11.3 Å². The number of carbonyl (C=O) groups excluding carboxylic acids is 2. The molecule has 1 saturated carbocycles. The molecule has 0 bridgehead atoms. The minimum absolute atomic E-state index is 0.170. The number of hydrogen-bond donors (Lipinski definition) is 2. The zero-order valence-corrected chi connectivity index (χ0v) is 16.9. The highest BCUT2D eigenvalue weighted by atomic mass is 35.5. The molecular formula is C20H23ClN6O2. The molecule has 1 aliphatic heterocycles. The van der Waals surface area contributed by atoms with Crippen molar-refractivity contribution < 1.29 is 9.59 Å². The van der Waals surface area contributed by atoms with Crippen LogP contribution in [0.2, 0.25) is 5.02 Å². The van der Waals surface area contributed by atoms with E-state index < -0.39 is 5.91 Å². The molecule has 2 heterocycles. The first-order chi connectivity index (χ1) is 13.9. The summed E-state index contributed by atoms with van der Waals surface area (Å²) in [6.07, 6.45) is 4.64. The molecule has 2 aromatic rings. The Bertz CT molecular complexity index is 995. The lowest BCUT2D eigenvalue weighted by Gasteiger charge is -2.41. The van der Waals surface area contributed by atoms with Crippen LogP contribution in [0.25, 0.3) is 11.3 Å². The predicted molar refractivity (Wildman–Crippen MR) is 111 cm³/mol. The molecule has 0 spiro atoms. The van der Waals surface area contributed by atoms with Crippen molar-refractivity contribution in [1.29, 1.82) is 0 Å². The number of benzene rings is 1. The average molecular weight is 415 g/mol. The molecule has 152 valence electrons. The maximum Gasteiger partial charge on any atom is 0.318 e. The smallest absolute Gasteiger partial charge is 0.318 e. The van der Waals surface area contributed by atoms with Gasteiger partial charge in [0.15, 0.2) is 0 Å². The SMILES string of the molecule is C/N=C\C1(NC(=O)N2CCn3nc(-c4cccc(Cl)c4)c(C(N)=O)c3C2)CCC1. The lowest BCUT2D eigenvalue weighted by atomic mass is 9.78. The van der Waals surface area contributed by atoms with Crippen molar-refractivity contribution in [2.75, 3.05) is 13.6 Å². The summed E-state index contributed by atoms with van der Waals surface area (Å²) in [6.45, 7) is 1.24. The summed E-state index contributed by atoms with van der Waals surface area (Å²) in [4.78, 5) is 30.9. The Labute approximate surface area is 173 Å². The van der Waals surface area contributed by atoms with Crippen molar-refractivity contribution in [3.05, 3.63) is 40.5 Å². The van der Waals surface area contributed by atoms with E-state index in [1.807, 2.05) is 12.3 Å². The monoisotopic (exact) mass is 414 g/mol. The van der Waals surface area contributed by atoms with Gasteiger partial charge in [-0.2, -0.15) is 5.10 Å². The number of rotatable bonds is 4. The number of hydrogen-bond acceptors (Lipinski definition) is 4. The molecule has 1 aromatic heterocycles. The topological polar surface area (TPSA) is 106 Å². The lowest BCUT2D eigenvalue weighted by molar-refractivity contribution is 0.0997. The van der Waals surface area contributed by atoms with Crippen LogP contribution < -0.4 is 11.1 Å². The highest BCUT2D eigenvalue weighted by molar-refractivity contribution is 6.30. The summed E-state index contributed by atoms with van der Waals surface area (Å²) in [5.41, 5.74) is 7.51. The van der Waals surface area contributed by atoms with Gasteiger partial charge in [-0.3, -0.25) is 14.5 Å². The standard InChI is InChI=1S/C20H23ClN6O2/c1-23-12-20(6-3-7-20)24-19(29)26-8-9-27-15(11-26)16(18(22)28)17(25-27)13-4-2-5-14(21)10-13/h2,4-5,10,12H,3,6-9,11H2,1H3,(H2,22,28)(H,24,29)/b23-12-. The van der Waals surface area contributed by atoms with Crippen LogP contribution in [0, 0.1) is 0 Å². The fourth-order valence-electron chi connectivity index (χ4n) is 3.97. The Balaban J connectivity index is 1.62. The number of primary amides is 1. The Kier molecular flexibility index (Phi) is 5.04. The van der Waals surface area contributed by atoms with E-state index >= 15 is 0 Å². The summed E-state index contributed by atoms with van der Waals surface area (Å²) >= 11 is 6.10. The molecule has 1 aromatic carbocycles. The van der Waals surface area contributed by atoms with E-state index in [1.165, 1.54) is 0 Å². The minimum atomic E-state index is -0.572.